The van der Waals surface area contributed by atoms with Crippen molar-refractivity contribution in [3.63, 3.8) is 0 Å². The Morgan fingerprint density at radius 2 is 2.00 bits per heavy atom. The highest BCUT2D eigenvalue weighted by Gasteiger charge is 2.16. The Hall–Kier alpha value is -1.93. The summed E-state index contributed by atoms with van der Waals surface area (Å²) in [7, 11) is -2.36. The maximum absolute atomic E-state index is 12.2. The molecule has 1 N–H and O–H groups in total. The molecule has 0 unspecified atom stereocenters. The molecule has 0 saturated carbocycles. The van der Waals surface area contributed by atoms with Crippen LogP contribution in [0.1, 0.15) is 11.3 Å². The number of nitrogens with one attached hydrogen (secondary N) is 1. The Morgan fingerprint density at radius 1 is 1.33 bits per heavy atom. The second-order valence-corrected chi connectivity index (χ2v) is 6.84. The summed E-state index contributed by atoms with van der Waals surface area (Å²) in [5, 5.41) is 2.09. The minimum atomic E-state index is -3.67. The molecule has 0 aliphatic heterocycles. The van der Waals surface area contributed by atoms with Crippen LogP contribution in [0.15, 0.2) is 34.5 Å². The molecular weight excluding hydrogens is 312 g/mol. The first-order valence-electron chi connectivity index (χ1n) is 6.01. The topological polar surface area (TPSA) is 85.4 Å². The molecule has 1 aromatic carbocycles. The summed E-state index contributed by atoms with van der Waals surface area (Å²) < 4.78 is 31.3. The number of nitrogens with zero attached hydrogens (tertiary/aromatic N) is 1. The normalized spacial score (nSPS) is 11.1. The van der Waals surface area contributed by atoms with Crippen LogP contribution >= 0.6 is 11.3 Å². The van der Waals surface area contributed by atoms with Crippen LogP contribution in [-0.2, 0) is 26.0 Å². The predicted molar refractivity (Wildman–Crippen MR) is 79.8 cm³/mol. The van der Waals surface area contributed by atoms with E-state index in [1.165, 1.54) is 30.6 Å². The van der Waals surface area contributed by atoms with Gasteiger partial charge in [0.25, 0.3) is 10.0 Å². The van der Waals surface area contributed by atoms with E-state index in [-0.39, 0.29) is 17.3 Å². The van der Waals surface area contributed by atoms with E-state index in [1.54, 1.807) is 24.4 Å². The lowest BCUT2D eigenvalue weighted by Crippen LogP contribution is -2.13. The summed E-state index contributed by atoms with van der Waals surface area (Å²) in [6.07, 6.45) is 0.107. The zero-order valence-electron chi connectivity index (χ0n) is 11.5. The van der Waals surface area contributed by atoms with Gasteiger partial charge in [0.1, 0.15) is 0 Å². The first-order valence-corrected chi connectivity index (χ1v) is 8.38. The van der Waals surface area contributed by atoms with Crippen LogP contribution in [0.3, 0.4) is 0 Å². The smallest absolute Gasteiger partial charge is 0.309 e. The summed E-state index contributed by atoms with van der Waals surface area (Å²) in [4.78, 5) is 15.3. The van der Waals surface area contributed by atoms with Gasteiger partial charge in [-0.25, -0.2) is 13.4 Å². The van der Waals surface area contributed by atoms with E-state index < -0.39 is 10.0 Å². The third-order valence-electron chi connectivity index (χ3n) is 2.65. The number of methoxy groups -OCH3 is 1. The average Bonchev–Trinajstić information content (AvgIpc) is 2.83. The van der Waals surface area contributed by atoms with Crippen molar-refractivity contribution in [2.24, 2.45) is 0 Å². The standard InChI is InChI=1S/C13H14N2O4S2/c1-9-8-20-13(14-9)15-21(17,18)11-5-3-10(4-6-11)7-12(16)19-2/h3-6,8H,7H2,1-2H3,(H,14,15). The van der Waals surface area contributed by atoms with E-state index in [0.29, 0.717) is 10.7 Å². The Kier molecular flexibility index (Phi) is 4.59. The van der Waals surface area contributed by atoms with Gasteiger partial charge in [0.2, 0.25) is 0 Å². The van der Waals surface area contributed by atoms with E-state index in [9.17, 15) is 13.2 Å². The molecule has 2 rings (SSSR count). The van der Waals surface area contributed by atoms with Crippen molar-refractivity contribution in [3.8, 4) is 0 Å². The van der Waals surface area contributed by atoms with Gasteiger partial charge in [-0.3, -0.25) is 9.52 Å². The third kappa shape index (κ3) is 4.02. The molecule has 0 aliphatic rings. The van der Waals surface area contributed by atoms with Crippen LogP contribution in [0.5, 0.6) is 0 Å². The molecule has 1 aromatic heterocycles. The van der Waals surface area contributed by atoms with Gasteiger partial charge in [0, 0.05) is 5.38 Å². The zero-order valence-corrected chi connectivity index (χ0v) is 13.1. The first kappa shape index (κ1) is 15.5. The summed E-state index contributed by atoms with van der Waals surface area (Å²) in [6, 6.07) is 6.05. The van der Waals surface area contributed by atoms with Crippen molar-refractivity contribution in [1.29, 1.82) is 0 Å². The fourth-order valence-corrected chi connectivity index (χ4v) is 3.54. The first-order chi connectivity index (χ1) is 9.90. The lowest BCUT2D eigenvalue weighted by molar-refractivity contribution is -0.139. The molecule has 0 atom stereocenters. The number of aromatic nitrogens is 1. The molecule has 0 bridgehead atoms. The van der Waals surface area contributed by atoms with E-state index >= 15 is 0 Å². The number of rotatable bonds is 5. The molecule has 0 aliphatic carbocycles. The van der Waals surface area contributed by atoms with Crippen molar-refractivity contribution in [2.45, 2.75) is 18.2 Å². The van der Waals surface area contributed by atoms with Gasteiger partial charge in [0.15, 0.2) is 5.13 Å². The van der Waals surface area contributed by atoms with Gasteiger partial charge in [-0.05, 0) is 24.6 Å². The number of anilines is 1. The maximum atomic E-state index is 12.2. The van der Waals surface area contributed by atoms with Crippen molar-refractivity contribution in [3.05, 3.63) is 40.9 Å². The summed E-state index contributed by atoms with van der Waals surface area (Å²) in [6.45, 7) is 1.79. The second kappa shape index (κ2) is 6.23. The van der Waals surface area contributed by atoms with Gasteiger partial charge in [-0.2, -0.15) is 0 Å². The number of sulfonamides is 1. The molecule has 2 aromatic rings. The Balaban J connectivity index is 2.15. The third-order valence-corrected chi connectivity index (χ3v) is 5.01. The minimum Gasteiger partial charge on any atom is -0.469 e. The lowest BCUT2D eigenvalue weighted by atomic mass is 10.2. The number of carbonyl (C=O) groups excluding carboxylic acids is 1. The molecule has 0 amide bonds. The highest BCUT2D eigenvalue weighted by atomic mass is 32.2. The largest absolute Gasteiger partial charge is 0.469 e. The van der Waals surface area contributed by atoms with Gasteiger partial charge in [0.05, 0.1) is 24.1 Å². The number of benzene rings is 1. The molecular formula is C13H14N2O4S2. The Morgan fingerprint density at radius 3 is 2.52 bits per heavy atom. The predicted octanol–water partition coefficient (Wildman–Crippen LogP) is 1.97. The summed E-state index contributed by atoms with van der Waals surface area (Å²) >= 11 is 1.22. The SMILES string of the molecule is COC(=O)Cc1ccc(S(=O)(=O)Nc2nc(C)cs2)cc1. The van der Waals surface area contributed by atoms with E-state index in [2.05, 4.69) is 14.4 Å². The lowest BCUT2D eigenvalue weighted by Gasteiger charge is -2.06. The zero-order chi connectivity index (χ0) is 15.5. The second-order valence-electron chi connectivity index (χ2n) is 4.30. The van der Waals surface area contributed by atoms with Crippen molar-refractivity contribution < 1.29 is 17.9 Å². The van der Waals surface area contributed by atoms with Crippen molar-refractivity contribution in [1.82, 2.24) is 4.98 Å². The van der Waals surface area contributed by atoms with Crippen LogP contribution in [0, 0.1) is 6.92 Å². The molecule has 8 heteroatoms. The van der Waals surface area contributed by atoms with E-state index in [1.807, 2.05) is 0 Å². The molecule has 0 radical (unpaired) electrons. The number of hydrogen-bond donors (Lipinski definition) is 1. The maximum Gasteiger partial charge on any atom is 0.309 e. The number of thiazole rings is 1. The average molecular weight is 326 g/mol. The van der Waals surface area contributed by atoms with E-state index in [4.69, 9.17) is 0 Å². The summed E-state index contributed by atoms with van der Waals surface area (Å²) in [5.74, 6) is -0.373. The van der Waals surface area contributed by atoms with Crippen LogP contribution in [0.4, 0.5) is 5.13 Å². The van der Waals surface area contributed by atoms with Gasteiger partial charge < -0.3 is 4.74 Å². The quantitative estimate of drug-likeness (QED) is 0.849. The molecule has 0 fully saturated rings. The van der Waals surface area contributed by atoms with Gasteiger partial charge in [-0.1, -0.05) is 12.1 Å². The number of esters is 1. The van der Waals surface area contributed by atoms with Gasteiger partial charge >= 0.3 is 5.97 Å². The minimum absolute atomic E-state index is 0.107. The van der Waals surface area contributed by atoms with Crippen molar-refractivity contribution in [2.75, 3.05) is 11.8 Å². The fourth-order valence-electron chi connectivity index (χ4n) is 1.60. The molecule has 21 heavy (non-hydrogen) atoms. The number of ether oxygens (including phenoxy) is 1. The molecule has 1 heterocycles. The number of aryl methyl sites for hydroxylation is 1. The van der Waals surface area contributed by atoms with Crippen LogP contribution in [0.2, 0.25) is 0 Å². The highest BCUT2D eigenvalue weighted by Crippen LogP contribution is 2.20. The molecule has 6 nitrogen and oxygen atoms in total. The van der Waals surface area contributed by atoms with Crippen LogP contribution in [-0.4, -0.2) is 26.5 Å². The number of carbonyl (C=O) groups is 1. The van der Waals surface area contributed by atoms with Crippen LogP contribution in [0.25, 0.3) is 0 Å². The van der Waals surface area contributed by atoms with E-state index in [0.717, 1.165) is 5.69 Å². The molecule has 0 saturated heterocycles. The van der Waals surface area contributed by atoms with Crippen LogP contribution < -0.4 is 4.72 Å². The van der Waals surface area contributed by atoms with Gasteiger partial charge in [-0.15, -0.1) is 11.3 Å². The number of hydrogen-bond acceptors (Lipinski definition) is 6. The monoisotopic (exact) mass is 326 g/mol. The van der Waals surface area contributed by atoms with Crippen molar-refractivity contribution >= 4 is 32.5 Å². The Labute approximate surface area is 126 Å². The highest BCUT2D eigenvalue weighted by molar-refractivity contribution is 7.93. The molecule has 112 valence electrons. The molecule has 0 spiro atoms. The Bertz CT molecular complexity index is 736. The fraction of sp³-hybridized carbons (Fsp3) is 0.231. The summed E-state index contributed by atoms with van der Waals surface area (Å²) in [5.41, 5.74) is 1.44.